The zero-order chi connectivity index (χ0) is 18.8. The lowest BCUT2D eigenvalue weighted by atomic mass is 9.95. The Morgan fingerprint density at radius 3 is 2.65 bits per heavy atom. The molecule has 0 heterocycles. The van der Waals surface area contributed by atoms with Crippen molar-refractivity contribution in [3.63, 3.8) is 0 Å². The van der Waals surface area contributed by atoms with Crippen LogP contribution in [-0.4, -0.2) is 31.7 Å². The van der Waals surface area contributed by atoms with Crippen molar-refractivity contribution in [3.8, 4) is 6.07 Å². The van der Waals surface area contributed by atoms with Crippen LogP contribution in [0.5, 0.6) is 0 Å². The highest BCUT2D eigenvalue weighted by Gasteiger charge is 2.22. The number of nitrogens with one attached hydrogen (secondary N) is 2. The molecule has 6 nitrogen and oxygen atoms in total. The number of amides is 2. The molecule has 2 aromatic carbocycles. The Morgan fingerprint density at radius 2 is 1.92 bits per heavy atom. The lowest BCUT2D eigenvalue weighted by Crippen LogP contribution is -2.38. The zero-order valence-electron chi connectivity index (χ0n) is 14.8. The molecule has 136 valence electrons. The molecule has 0 aromatic heterocycles. The van der Waals surface area contributed by atoms with Crippen LogP contribution in [0, 0.1) is 11.3 Å². The molecule has 1 atom stereocenters. The van der Waals surface area contributed by atoms with Crippen LogP contribution < -0.4 is 10.6 Å². The Bertz CT molecular complexity index is 798. The Hall–Kier alpha value is -3.07. The maximum Gasteiger partial charge on any atom is 0.407 e. The second-order valence-electron chi connectivity index (χ2n) is 5.91. The van der Waals surface area contributed by atoms with Crippen molar-refractivity contribution in [1.29, 1.82) is 5.26 Å². The fourth-order valence-corrected chi connectivity index (χ4v) is 2.58. The van der Waals surface area contributed by atoms with Crippen LogP contribution in [0.4, 0.5) is 4.79 Å². The minimum Gasteiger partial charge on any atom is -0.450 e. The first-order chi connectivity index (χ1) is 12.7. The number of benzene rings is 2. The maximum atomic E-state index is 12.5. The van der Waals surface area contributed by atoms with Crippen molar-refractivity contribution < 1.29 is 14.3 Å². The summed E-state index contributed by atoms with van der Waals surface area (Å²) in [6, 6.07) is 15.5. The van der Waals surface area contributed by atoms with Gasteiger partial charge in [-0.2, -0.15) is 5.26 Å². The minimum atomic E-state index is -0.605. The zero-order valence-corrected chi connectivity index (χ0v) is 14.8. The van der Waals surface area contributed by atoms with Crippen LogP contribution in [0.3, 0.4) is 0 Å². The summed E-state index contributed by atoms with van der Waals surface area (Å²) in [5.74, 6) is -0.914. The molecule has 2 amide bonds. The molecule has 0 aliphatic carbocycles. The number of nitrogens with zero attached hydrogens (tertiary/aromatic N) is 1. The van der Waals surface area contributed by atoms with Gasteiger partial charge in [-0.05, 0) is 22.8 Å². The summed E-state index contributed by atoms with van der Waals surface area (Å²) in [6.45, 7) is 2.38. The summed E-state index contributed by atoms with van der Waals surface area (Å²) in [4.78, 5) is 24.2. The van der Waals surface area contributed by atoms with E-state index >= 15 is 0 Å². The second-order valence-corrected chi connectivity index (χ2v) is 5.91. The van der Waals surface area contributed by atoms with E-state index in [1.165, 1.54) is 0 Å². The van der Waals surface area contributed by atoms with Crippen LogP contribution in [0.15, 0.2) is 42.5 Å². The first-order valence-corrected chi connectivity index (χ1v) is 8.69. The van der Waals surface area contributed by atoms with Crippen molar-refractivity contribution in [1.82, 2.24) is 10.6 Å². The van der Waals surface area contributed by atoms with Crippen molar-refractivity contribution in [3.05, 3.63) is 48.0 Å². The molecule has 0 saturated heterocycles. The first-order valence-electron chi connectivity index (χ1n) is 8.69. The van der Waals surface area contributed by atoms with Crippen LogP contribution in [0.25, 0.3) is 10.8 Å². The summed E-state index contributed by atoms with van der Waals surface area (Å²) in [5.41, 5.74) is 0.771. The third-order valence-corrected chi connectivity index (χ3v) is 4.02. The van der Waals surface area contributed by atoms with E-state index in [1.807, 2.05) is 55.5 Å². The van der Waals surface area contributed by atoms with Gasteiger partial charge in [-0.3, -0.25) is 4.79 Å². The summed E-state index contributed by atoms with van der Waals surface area (Å²) in [6.07, 6.45) is 1.19. The highest BCUT2D eigenvalue weighted by molar-refractivity contribution is 5.88. The topological polar surface area (TPSA) is 91.2 Å². The average molecular weight is 353 g/mol. The number of carbonyl (C=O) groups excluding carboxylic acids is 2. The van der Waals surface area contributed by atoms with E-state index in [1.54, 1.807) is 0 Å². The molecule has 2 rings (SSSR count). The maximum absolute atomic E-state index is 12.5. The first kappa shape index (κ1) is 19.3. The highest BCUT2D eigenvalue weighted by Crippen LogP contribution is 2.22. The summed E-state index contributed by atoms with van der Waals surface area (Å²) < 4.78 is 5.07. The number of rotatable bonds is 8. The van der Waals surface area contributed by atoms with E-state index in [9.17, 15) is 9.59 Å². The molecule has 0 aliphatic rings. The van der Waals surface area contributed by atoms with Crippen LogP contribution >= 0.6 is 0 Å². The third-order valence-electron chi connectivity index (χ3n) is 4.02. The number of hydrogen-bond acceptors (Lipinski definition) is 4. The van der Waals surface area contributed by atoms with E-state index in [4.69, 9.17) is 10.00 Å². The van der Waals surface area contributed by atoms with Gasteiger partial charge < -0.3 is 15.4 Å². The molecule has 2 aromatic rings. The molecule has 0 radical (unpaired) electrons. The van der Waals surface area contributed by atoms with Crippen LogP contribution in [0.2, 0.25) is 0 Å². The fourth-order valence-electron chi connectivity index (χ4n) is 2.58. The largest absolute Gasteiger partial charge is 0.450 e. The van der Waals surface area contributed by atoms with Crippen molar-refractivity contribution >= 4 is 22.8 Å². The number of carbonyl (C=O) groups is 2. The summed E-state index contributed by atoms with van der Waals surface area (Å²) >= 11 is 0. The minimum absolute atomic E-state index is 0.0795. The van der Waals surface area contributed by atoms with Gasteiger partial charge >= 0.3 is 6.09 Å². The van der Waals surface area contributed by atoms with Crippen LogP contribution in [-0.2, 0) is 9.53 Å². The molecule has 0 aliphatic heterocycles. The Kier molecular flexibility index (Phi) is 7.44. The van der Waals surface area contributed by atoms with E-state index in [0.717, 1.165) is 29.2 Å². The molecule has 6 heteroatoms. The van der Waals surface area contributed by atoms with E-state index in [0.29, 0.717) is 6.61 Å². The van der Waals surface area contributed by atoms with Crippen molar-refractivity contribution in [2.75, 3.05) is 19.7 Å². The molecule has 0 saturated carbocycles. The number of unbranched alkanes of at least 4 members (excludes halogenated alkanes) is 1. The van der Waals surface area contributed by atoms with Gasteiger partial charge in [-0.25, -0.2) is 4.79 Å². The van der Waals surface area contributed by atoms with Gasteiger partial charge in [0, 0.05) is 6.54 Å². The lowest BCUT2D eigenvalue weighted by molar-refractivity contribution is -0.122. The van der Waals surface area contributed by atoms with Gasteiger partial charge in [0.25, 0.3) is 0 Å². The molecular weight excluding hydrogens is 330 g/mol. The number of fused-ring (bicyclic) bond motifs is 1. The van der Waals surface area contributed by atoms with E-state index < -0.39 is 12.0 Å². The number of hydrogen-bond donors (Lipinski definition) is 2. The van der Waals surface area contributed by atoms with Gasteiger partial charge in [-0.15, -0.1) is 0 Å². The third kappa shape index (κ3) is 5.49. The van der Waals surface area contributed by atoms with Gasteiger partial charge in [0.1, 0.15) is 6.54 Å². The molecule has 2 N–H and O–H groups in total. The predicted octanol–water partition coefficient (Wildman–Crippen LogP) is 3.09. The Labute approximate surface area is 153 Å². The molecule has 0 spiro atoms. The van der Waals surface area contributed by atoms with Crippen LogP contribution in [0.1, 0.15) is 31.2 Å². The smallest absolute Gasteiger partial charge is 0.407 e. The average Bonchev–Trinajstić information content (AvgIpc) is 2.66. The molecule has 1 unspecified atom stereocenters. The SMILES string of the molecule is CCCCOC(=O)NCC(C(=O)NCC#N)c1ccc2ccccc2c1. The molecule has 26 heavy (non-hydrogen) atoms. The van der Waals surface area contributed by atoms with Crippen molar-refractivity contribution in [2.45, 2.75) is 25.7 Å². The van der Waals surface area contributed by atoms with E-state index in [-0.39, 0.29) is 19.0 Å². The van der Waals surface area contributed by atoms with Gasteiger partial charge in [0.2, 0.25) is 5.91 Å². The Balaban J connectivity index is 2.13. The number of nitriles is 1. The monoisotopic (exact) mass is 353 g/mol. The number of ether oxygens (including phenoxy) is 1. The van der Waals surface area contributed by atoms with E-state index in [2.05, 4.69) is 10.6 Å². The standard InChI is InChI=1S/C20H23N3O3/c1-2-3-12-26-20(25)23-14-18(19(24)22-11-10-21)17-9-8-15-6-4-5-7-16(15)13-17/h4-9,13,18H,2-3,11-12,14H2,1H3,(H,22,24)(H,23,25). The number of alkyl carbamates (subject to hydrolysis) is 1. The fraction of sp³-hybridized carbons (Fsp3) is 0.350. The molecule has 0 fully saturated rings. The highest BCUT2D eigenvalue weighted by atomic mass is 16.5. The summed E-state index contributed by atoms with van der Waals surface area (Å²) in [5, 5.41) is 16.0. The van der Waals surface area contributed by atoms with Crippen molar-refractivity contribution in [2.24, 2.45) is 0 Å². The molecular formula is C20H23N3O3. The van der Waals surface area contributed by atoms with Gasteiger partial charge in [0.05, 0.1) is 18.6 Å². The second kappa shape index (κ2) is 10.0. The van der Waals surface area contributed by atoms with Gasteiger partial charge in [-0.1, -0.05) is 55.8 Å². The quantitative estimate of drug-likeness (QED) is 0.563. The normalized spacial score (nSPS) is 11.4. The lowest BCUT2D eigenvalue weighted by Gasteiger charge is -2.18. The predicted molar refractivity (Wildman–Crippen MR) is 99.6 cm³/mol. The summed E-state index contributed by atoms with van der Waals surface area (Å²) in [7, 11) is 0. The Morgan fingerprint density at radius 1 is 1.15 bits per heavy atom. The molecule has 0 bridgehead atoms. The van der Waals surface area contributed by atoms with Gasteiger partial charge in [0.15, 0.2) is 0 Å².